The number of rotatable bonds is 8. The molecule has 6 nitrogen and oxygen atoms in total. The van der Waals surface area contributed by atoms with Gasteiger partial charge >= 0.3 is 6.03 Å². The van der Waals surface area contributed by atoms with Gasteiger partial charge in [-0.2, -0.15) is 0 Å². The molecule has 6 heteroatoms. The number of carbonyl (C=O) groups is 1. The van der Waals surface area contributed by atoms with Crippen LogP contribution in [0.1, 0.15) is 17.5 Å². The predicted octanol–water partition coefficient (Wildman–Crippen LogP) is 2.90. The van der Waals surface area contributed by atoms with Crippen LogP contribution in [0.5, 0.6) is 17.2 Å². The number of hydrogen-bond acceptors (Lipinski definition) is 4. The maximum Gasteiger partial charge on any atom is 0.314 e. The summed E-state index contributed by atoms with van der Waals surface area (Å²) < 4.78 is 15.8. The summed E-state index contributed by atoms with van der Waals surface area (Å²) in [6, 6.07) is 13.7. The van der Waals surface area contributed by atoms with E-state index in [-0.39, 0.29) is 12.8 Å². The van der Waals surface area contributed by atoms with Crippen molar-refractivity contribution in [3.05, 3.63) is 53.6 Å². The molecule has 2 aromatic rings. The van der Waals surface area contributed by atoms with E-state index in [1.165, 1.54) is 5.56 Å². The van der Waals surface area contributed by atoms with Crippen molar-refractivity contribution in [1.29, 1.82) is 0 Å². The van der Waals surface area contributed by atoms with Crippen LogP contribution >= 0.6 is 0 Å². The highest BCUT2D eigenvalue weighted by Crippen LogP contribution is 2.32. The second-order valence-electron chi connectivity index (χ2n) is 6.07. The third-order valence-corrected chi connectivity index (χ3v) is 4.22. The number of methoxy groups -OCH3 is 1. The van der Waals surface area contributed by atoms with E-state index in [4.69, 9.17) is 14.2 Å². The molecule has 0 radical (unpaired) electrons. The molecule has 2 amide bonds. The molecule has 0 spiro atoms. The summed E-state index contributed by atoms with van der Waals surface area (Å²) >= 11 is 0. The molecule has 138 valence electrons. The summed E-state index contributed by atoms with van der Waals surface area (Å²) in [4.78, 5) is 11.8. The molecule has 0 saturated heterocycles. The number of urea groups is 1. The molecule has 0 atom stereocenters. The van der Waals surface area contributed by atoms with Crippen molar-refractivity contribution in [2.45, 2.75) is 19.3 Å². The molecule has 26 heavy (non-hydrogen) atoms. The zero-order valence-corrected chi connectivity index (χ0v) is 14.9. The first-order valence-electron chi connectivity index (χ1n) is 8.78. The van der Waals surface area contributed by atoms with Crippen LogP contribution in [0, 0.1) is 0 Å². The third-order valence-electron chi connectivity index (χ3n) is 4.22. The Kier molecular flexibility index (Phi) is 6.19. The van der Waals surface area contributed by atoms with Gasteiger partial charge in [-0.3, -0.25) is 0 Å². The number of benzene rings is 2. The highest BCUT2D eigenvalue weighted by Gasteiger charge is 2.13. The van der Waals surface area contributed by atoms with Crippen LogP contribution in [-0.4, -0.2) is 33.0 Å². The fraction of sp³-hybridized carbons (Fsp3) is 0.350. The molecule has 3 rings (SSSR count). The van der Waals surface area contributed by atoms with Crippen molar-refractivity contribution in [2.24, 2.45) is 0 Å². The number of amides is 2. The molecule has 1 aliphatic heterocycles. The standard InChI is InChI=1S/C20H24N2O4/c1-24-17-7-4-15(5-8-17)3-2-11-21-20(23)22-12-10-16-6-9-18-19(13-16)26-14-25-18/h4-9,13H,2-3,10-12,14H2,1H3,(H2,21,22,23). The number of fused-ring (bicyclic) bond motifs is 1. The maximum absolute atomic E-state index is 11.8. The first-order chi connectivity index (χ1) is 12.7. The highest BCUT2D eigenvalue weighted by atomic mass is 16.7. The van der Waals surface area contributed by atoms with Gasteiger partial charge < -0.3 is 24.8 Å². The lowest BCUT2D eigenvalue weighted by Crippen LogP contribution is -2.37. The second kappa shape index (κ2) is 8.99. The molecule has 2 N–H and O–H groups in total. The summed E-state index contributed by atoms with van der Waals surface area (Å²) in [5, 5.41) is 5.76. The van der Waals surface area contributed by atoms with Crippen LogP contribution < -0.4 is 24.8 Å². The van der Waals surface area contributed by atoms with Crippen molar-refractivity contribution < 1.29 is 19.0 Å². The van der Waals surface area contributed by atoms with Gasteiger partial charge in [0.1, 0.15) is 5.75 Å². The zero-order chi connectivity index (χ0) is 18.2. The number of ether oxygens (including phenoxy) is 3. The van der Waals surface area contributed by atoms with Crippen LogP contribution in [0.4, 0.5) is 4.79 Å². The van der Waals surface area contributed by atoms with E-state index in [9.17, 15) is 4.79 Å². The van der Waals surface area contributed by atoms with E-state index in [1.54, 1.807) is 7.11 Å². The van der Waals surface area contributed by atoms with Gasteiger partial charge in [-0.25, -0.2) is 4.79 Å². The molecular formula is C20H24N2O4. The Balaban J connectivity index is 1.29. The van der Waals surface area contributed by atoms with Gasteiger partial charge in [0.2, 0.25) is 6.79 Å². The van der Waals surface area contributed by atoms with Crippen molar-refractivity contribution >= 4 is 6.03 Å². The van der Waals surface area contributed by atoms with Gasteiger partial charge in [0.25, 0.3) is 0 Å². The molecular weight excluding hydrogens is 332 g/mol. The summed E-state index contributed by atoms with van der Waals surface area (Å²) in [5.41, 5.74) is 2.34. The van der Waals surface area contributed by atoms with Crippen LogP contribution in [0.25, 0.3) is 0 Å². The highest BCUT2D eigenvalue weighted by molar-refractivity contribution is 5.73. The van der Waals surface area contributed by atoms with E-state index >= 15 is 0 Å². The minimum absolute atomic E-state index is 0.138. The van der Waals surface area contributed by atoms with E-state index in [0.29, 0.717) is 13.1 Å². The number of nitrogens with one attached hydrogen (secondary N) is 2. The van der Waals surface area contributed by atoms with Crippen molar-refractivity contribution in [2.75, 3.05) is 27.0 Å². The molecule has 0 aromatic heterocycles. The van der Waals surface area contributed by atoms with Crippen LogP contribution in [0.2, 0.25) is 0 Å². The first-order valence-corrected chi connectivity index (χ1v) is 8.78. The summed E-state index contributed by atoms with van der Waals surface area (Å²) in [7, 11) is 1.66. The van der Waals surface area contributed by atoms with Crippen LogP contribution in [0.15, 0.2) is 42.5 Å². The van der Waals surface area contributed by atoms with Crippen molar-refractivity contribution in [3.8, 4) is 17.2 Å². The summed E-state index contributed by atoms with van der Waals surface area (Å²) in [6.07, 6.45) is 2.55. The van der Waals surface area contributed by atoms with Crippen molar-refractivity contribution in [3.63, 3.8) is 0 Å². The smallest absolute Gasteiger partial charge is 0.314 e. The lowest BCUT2D eigenvalue weighted by molar-refractivity contribution is 0.174. The Morgan fingerprint density at radius 1 is 0.962 bits per heavy atom. The topological polar surface area (TPSA) is 68.8 Å². The second-order valence-corrected chi connectivity index (χ2v) is 6.07. The fourth-order valence-electron chi connectivity index (χ4n) is 2.77. The maximum atomic E-state index is 11.8. The van der Waals surface area contributed by atoms with Gasteiger partial charge in [0, 0.05) is 13.1 Å². The van der Waals surface area contributed by atoms with Crippen molar-refractivity contribution in [1.82, 2.24) is 10.6 Å². The zero-order valence-electron chi connectivity index (χ0n) is 14.9. The van der Waals surface area contributed by atoms with E-state index in [0.717, 1.165) is 42.1 Å². The average Bonchev–Trinajstić information content (AvgIpc) is 3.13. The monoisotopic (exact) mass is 356 g/mol. The fourth-order valence-corrected chi connectivity index (χ4v) is 2.77. The van der Waals surface area contributed by atoms with E-state index in [2.05, 4.69) is 10.6 Å². The van der Waals surface area contributed by atoms with Gasteiger partial charge in [-0.05, 0) is 54.7 Å². The quantitative estimate of drug-likeness (QED) is 0.714. The predicted molar refractivity (Wildman–Crippen MR) is 99.0 cm³/mol. The van der Waals surface area contributed by atoms with Gasteiger partial charge in [-0.15, -0.1) is 0 Å². The van der Waals surface area contributed by atoms with E-state index in [1.807, 2.05) is 42.5 Å². The van der Waals surface area contributed by atoms with Crippen LogP contribution in [-0.2, 0) is 12.8 Å². The van der Waals surface area contributed by atoms with E-state index < -0.39 is 0 Å². The Hall–Kier alpha value is -2.89. The molecule has 0 aliphatic carbocycles. The molecule has 1 heterocycles. The van der Waals surface area contributed by atoms with Crippen LogP contribution in [0.3, 0.4) is 0 Å². The Labute approximate surface area is 153 Å². The largest absolute Gasteiger partial charge is 0.497 e. The SMILES string of the molecule is COc1ccc(CCCNC(=O)NCCc2ccc3c(c2)OCO3)cc1. The Morgan fingerprint density at radius 2 is 1.69 bits per heavy atom. The molecule has 0 fully saturated rings. The minimum atomic E-state index is -0.138. The Morgan fingerprint density at radius 3 is 2.50 bits per heavy atom. The number of aryl methyl sites for hydroxylation is 1. The normalized spacial score (nSPS) is 11.9. The van der Waals surface area contributed by atoms with Gasteiger partial charge in [0.05, 0.1) is 7.11 Å². The minimum Gasteiger partial charge on any atom is -0.497 e. The number of carbonyl (C=O) groups excluding carboxylic acids is 1. The lowest BCUT2D eigenvalue weighted by atomic mass is 10.1. The lowest BCUT2D eigenvalue weighted by Gasteiger charge is -2.08. The molecule has 1 aliphatic rings. The van der Waals surface area contributed by atoms with Gasteiger partial charge in [-0.1, -0.05) is 18.2 Å². The number of hydrogen-bond donors (Lipinski definition) is 2. The molecule has 2 aromatic carbocycles. The molecule has 0 bridgehead atoms. The Bertz CT molecular complexity index is 731. The molecule has 0 saturated carbocycles. The average molecular weight is 356 g/mol. The van der Waals surface area contributed by atoms with Gasteiger partial charge in [0.15, 0.2) is 11.5 Å². The molecule has 0 unspecified atom stereocenters. The third kappa shape index (κ3) is 5.05. The summed E-state index contributed by atoms with van der Waals surface area (Å²) in [5.74, 6) is 2.40. The summed E-state index contributed by atoms with van der Waals surface area (Å²) in [6.45, 7) is 1.49. The first kappa shape index (κ1) is 17.9.